The number of hydrogen-bond acceptors (Lipinski definition) is 6. The van der Waals surface area contributed by atoms with Gasteiger partial charge < -0.3 is 19.7 Å². The first kappa shape index (κ1) is 32.3. The molecule has 0 spiro atoms. The zero-order valence-electron chi connectivity index (χ0n) is 26.2. The molecule has 0 bridgehead atoms. The van der Waals surface area contributed by atoms with Crippen LogP contribution in [0.1, 0.15) is 78.7 Å². The molecule has 2 aromatic carbocycles. The molecule has 1 N–H and O–H groups in total. The van der Waals surface area contributed by atoms with Crippen molar-refractivity contribution in [3.63, 3.8) is 0 Å². The number of Topliss-reactive ketones (excluding diaryl/α,β-unsaturated/α-hetero) is 2. The van der Waals surface area contributed by atoms with Gasteiger partial charge in [0.2, 0.25) is 0 Å². The lowest BCUT2D eigenvalue weighted by atomic mass is 9.63. The third-order valence-electron chi connectivity index (χ3n) is 8.50. The van der Waals surface area contributed by atoms with Crippen LogP contribution >= 0.6 is 27.5 Å². The van der Waals surface area contributed by atoms with Crippen molar-refractivity contribution < 1.29 is 23.9 Å². The molecule has 0 radical (unpaired) electrons. The molecular weight excluding hydrogens is 644 g/mol. The molecule has 44 heavy (non-hydrogen) atoms. The van der Waals surface area contributed by atoms with Crippen LogP contribution in [0.5, 0.6) is 11.5 Å². The number of carbonyl (C=O) groups excluding carboxylic acids is 3. The summed E-state index contributed by atoms with van der Waals surface area (Å²) in [4.78, 5) is 42.9. The molecule has 1 aliphatic heterocycles. The van der Waals surface area contributed by atoms with Gasteiger partial charge in [-0.05, 0) is 83.3 Å². The summed E-state index contributed by atoms with van der Waals surface area (Å²) in [7, 11) is 0. The van der Waals surface area contributed by atoms with E-state index in [0.717, 1.165) is 29.8 Å². The molecule has 5 rings (SSSR count). The summed E-state index contributed by atoms with van der Waals surface area (Å²) < 4.78 is 12.6. The summed E-state index contributed by atoms with van der Waals surface area (Å²) in [6.45, 7) is 13.3. The summed E-state index contributed by atoms with van der Waals surface area (Å²) in [5.41, 5.74) is 4.38. The van der Waals surface area contributed by atoms with Gasteiger partial charge in [0.1, 0.15) is 0 Å². The summed E-state index contributed by atoms with van der Waals surface area (Å²) in [5.74, 6) is 0.0642. The van der Waals surface area contributed by atoms with Crippen molar-refractivity contribution in [3.05, 3.63) is 74.0 Å². The highest BCUT2D eigenvalue weighted by Crippen LogP contribution is 2.55. The van der Waals surface area contributed by atoms with Crippen molar-refractivity contribution in [1.82, 2.24) is 4.90 Å². The minimum Gasteiger partial charge on any atom is -0.490 e. The van der Waals surface area contributed by atoms with E-state index in [-0.39, 0.29) is 34.9 Å². The third kappa shape index (κ3) is 6.34. The van der Waals surface area contributed by atoms with E-state index in [1.165, 1.54) is 0 Å². The van der Waals surface area contributed by atoms with Gasteiger partial charge in [-0.1, -0.05) is 51.4 Å². The standard InChI is InChI=1S/C35H40BrClN2O5/c1-7-39-24-15-34(3,4)17-26(40)31(24)30(32-25(39)16-35(5,6)18-27(32)41)20-13-21(36)33(28(14-20)43-8-2)44-19-29(42)38-23-12-10-9-11-22(23)37/h9-14,30H,7-8,15-19H2,1-6H3,(H,38,42). The summed E-state index contributed by atoms with van der Waals surface area (Å²) in [5, 5.41) is 3.20. The van der Waals surface area contributed by atoms with Crippen LogP contribution in [-0.4, -0.2) is 42.1 Å². The van der Waals surface area contributed by atoms with Gasteiger partial charge in [-0.25, -0.2) is 0 Å². The number of benzene rings is 2. The normalized spacial score (nSPS) is 19.5. The lowest BCUT2D eigenvalue weighted by molar-refractivity contribution is -0.120. The fourth-order valence-corrected chi connectivity index (χ4v) is 7.56. The molecule has 0 aromatic heterocycles. The number of anilines is 1. The van der Waals surface area contributed by atoms with E-state index in [1.54, 1.807) is 24.3 Å². The number of nitrogens with zero attached hydrogens (tertiary/aromatic N) is 1. The highest BCUT2D eigenvalue weighted by Gasteiger charge is 2.48. The van der Waals surface area contributed by atoms with Gasteiger partial charge in [0, 0.05) is 47.8 Å². The number of amides is 1. The predicted octanol–water partition coefficient (Wildman–Crippen LogP) is 8.22. The fraction of sp³-hybridized carbons (Fsp3) is 0.457. The molecule has 0 unspecified atom stereocenters. The summed E-state index contributed by atoms with van der Waals surface area (Å²) in [6, 6.07) is 10.7. The minimum atomic E-state index is -0.511. The van der Waals surface area contributed by atoms with Crippen LogP contribution in [0, 0.1) is 10.8 Å². The number of allylic oxidation sites excluding steroid dienone is 4. The highest BCUT2D eigenvalue weighted by atomic mass is 79.9. The molecule has 9 heteroatoms. The van der Waals surface area contributed by atoms with E-state index in [0.29, 0.717) is 63.8 Å². The van der Waals surface area contributed by atoms with Crippen molar-refractivity contribution in [2.75, 3.05) is 25.1 Å². The third-order valence-corrected chi connectivity index (χ3v) is 9.42. The lowest BCUT2D eigenvalue weighted by Crippen LogP contribution is -2.44. The average Bonchev–Trinajstić information content (AvgIpc) is 2.91. The SMILES string of the molecule is CCOc1cc(C2C3=C(CC(C)(C)CC3=O)N(CC)C3=C2C(=O)CC(C)(C)C3)cc(Br)c1OCC(=O)Nc1ccccc1Cl. The van der Waals surface area contributed by atoms with E-state index >= 15 is 0 Å². The predicted molar refractivity (Wildman–Crippen MR) is 176 cm³/mol. The summed E-state index contributed by atoms with van der Waals surface area (Å²) in [6.07, 6.45) is 2.35. The van der Waals surface area contributed by atoms with Gasteiger partial charge in [0.15, 0.2) is 29.7 Å². The van der Waals surface area contributed by atoms with Gasteiger partial charge >= 0.3 is 0 Å². The number of ether oxygens (including phenoxy) is 2. The largest absolute Gasteiger partial charge is 0.490 e. The topological polar surface area (TPSA) is 84.9 Å². The van der Waals surface area contributed by atoms with E-state index in [9.17, 15) is 14.4 Å². The van der Waals surface area contributed by atoms with E-state index in [4.69, 9.17) is 21.1 Å². The monoisotopic (exact) mass is 682 g/mol. The number of halogens is 2. The maximum Gasteiger partial charge on any atom is 0.262 e. The minimum absolute atomic E-state index is 0.0783. The van der Waals surface area contributed by atoms with Crippen molar-refractivity contribution >= 4 is 50.7 Å². The Hall–Kier alpha value is -3.10. The first-order valence-electron chi connectivity index (χ1n) is 15.2. The average molecular weight is 684 g/mol. The van der Waals surface area contributed by atoms with E-state index < -0.39 is 5.92 Å². The van der Waals surface area contributed by atoms with Crippen LogP contribution in [-0.2, 0) is 14.4 Å². The molecule has 0 atom stereocenters. The Morgan fingerprint density at radius 3 is 2.09 bits per heavy atom. The molecule has 2 aliphatic carbocycles. The van der Waals surface area contributed by atoms with Crippen molar-refractivity contribution in [1.29, 1.82) is 0 Å². The van der Waals surface area contributed by atoms with Crippen LogP contribution in [0.25, 0.3) is 0 Å². The van der Waals surface area contributed by atoms with Crippen LogP contribution in [0.4, 0.5) is 5.69 Å². The number of para-hydroxylation sites is 1. The van der Waals surface area contributed by atoms with Gasteiger partial charge in [0.25, 0.3) is 5.91 Å². The molecule has 1 heterocycles. The van der Waals surface area contributed by atoms with Gasteiger partial charge in [-0.3, -0.25) is 14.4 Å². The van der Waals surface area contributed by atoms with Gasteiger partial charge in [-0.2, -0.15) is 0 Å². The number of carbonyl (C=O) groups is 3. The molecule has 234 valence electrons. The highest BCUT2D eigenvalue weighted by molar-refractivity contribution is 9.10. The van der Waals surface area contributed by atoms with Crippen LogP contribution in [0.15, 0.2) is 63.4 Å². The molecule has 7 nitrogen and oxygen atoms in total. The van der Waals surface area contributed by atoms with Crippen molar-refractivity contribution in [2.24, 2.45) is 10.8 Å². The number of ketones is 2. The second-order valence-electron chi connectivity index (χ2n) is 13.4. The number of nitrogens with one attached hydrogen (secondary N) is 1. The Morgan fingerprint density at radius 1 is 0.955 bits per heavy atom. The maximum absolute atomic E-state index is 14.0. The number of rotatable bonds is 8. The number of hydrogen-bond donors (Lipinski definition) is 1. The Morgan fingerprint density at radius 2 is 1.55 bits per heavy atom. The Bertz CT molecular complexity index is 1540. The maximum atomic E-state index is 14.0. The van der Waals surface area contributed by atoms with E-state index in [1.807, 2.05) is 19.1 Å². The molecule has 0 saturated heterocycles. The molecule has 2 aromatic rings. The van der Waals surface area contributed by atoms with Crippen LogP contribution in [0.3, 0.4) is 0 Å². The molecule has 0 saturated carbocycles. The summed E-state index contributed by atoms with van der Waals surface area (Å²) >= 11 is 9.86. The first-order chi connectivity index (χ1) is 20.7. The Balaban J connectivity index is 1.57. The fourth-order valence-electron chi connectivity index (χ4n) is 6.81. The molecule has 0 fully saturated rings. The Kier molecular flexibility index (Phi) is 9.07. The van der Waals surface area contributed by atoms with Crippen molar-refractivity contribution in [2.45, 2.75) is 73.1 Å². The van der Waals surface area contributed by atoms with Gasteiger partial charge in [-0.15, -0.1) is 0 Å². The molecular formula is C35H40BrClN2O5. The zero-order valence-corrected chi connectivity index (χ0v) is 28.6. The quantitative estimate of drug-likeness (QED) is 0.302. The second kappa shape index (κ2) is 12.4. The second-order valence-corrected chi connectivity index (χ2v) is 14.6. The Labute approximate surface area is 273 Å². The molecule has 1 amide bonds. The first-order valence-corrected chi connectivity index (χ1v) is 16.4. The van der Waals surface area contributed by atoms with Crippen molar-refractivity contribution in [3.8, 4) is 11.5 Å². The van der Waals surface area contributed by atoms with Crippen LogP contribution in [0.2, 0.25) is 5.02 Å². The zero-order chi connectivity index (χ0) is 32.0. The lowest BCUT2D eigenvalue weighted by Gasteiger charge is -2.49. The smallest absolute Gasteiger partial charge is 0.262 e. The molecule has 3 aliphatic rings. The van der Waals surface area contributed by atoms with Gasteiger partial charge in [0.05, 0.1) is 21.8 Å². The van der Waals surface area contributed by atoms with Crippen LogP contribution < -0.4 is 14.8 Å². The van der Waals surface area contributed by atoms with E-state index in [2.05, 4.69) is 60.8 Å².